The van der Waals surface area contributed by atoms with Crippen molar-refractivity contribution in [3.05, 3.63) is 36.3 Å². The maximum absolute atomic E-state index is 12.9. The number of halogens is 2. The van der Waals surface area contributed by atoms with Crippen LogP contribution in [0.4, 0.5) is 8.78 Å². The van der Waals surface area contributed by atoms with Crippen molar-refractivity contribution >= 4 is 10.9 Å². The van der Waals surface area contributed by atoms with Crippen LogP contribution in [0.3, 0.4) is 0 Å². The lowest BCUT2D eigenvalue weighted by Gasteiger charge is -2.08. The van der Waals surface area contributed by atoms with Gasteiger partial charge in [-0.15, -0.1) is 0 Å². The average molecular weight is 194 g/mol. The van der Waals surface area contributed by atoms with Crippen molar-refractivity contribution in [2.75, 3.05) is 0 Å². The Morgan fingerprint density at radius 2 is 1.93 bits per heavy atom. The summed E-state index contributed by atoms with van der Waals surface area (Å²) in [5.41, 5.74) is 0.541. The SMILES string of the molecule is CC(F)(F)c1ncc2ccccc2n1. The molecule has 4 heteroatoms. The molecule has 0 spiro atoms. The molecule has 72 valence electrons. The minimum Gasteiger partial charge on any atom is -0.235 e. The van der Waals surface area contributed by atoms with Gasteiger partial charge in [0.15, 0.2) is 5.82 Å². The number of fused-ring (bicyclic) bond motifs is 1. The van der Waals surface area contributed by atoms with E-state index in [4.69, 9.17) is 0 Å². The van der Waals surface area contributed by atoms with Gasteiger partial charge in [0, 0.05) is 18.5 Å². The normalized spacial score (nSPS) is 11.9. The molecule has 0 unspecified atom stereocenters. The summed E-state index contributed by atoms with van der Waals surface area (Å²) >= 11 is 0. The number of hydrogen-bond donors (Lipinski definition) is 0. The van der Waals surface area contributed by atoms with Crippen LogP contribution in [0.5, 0.6) is 0 Å². The molecule has 1 heterocycles. The monoisotopic (exact) mass is 194 g/mol. The van der Waals surface area contributed by atoms with Gasteiger partial charge < -0.3 is 0 Å². The number of nitrogens with zero attached hydrogens (tertiary/aromatic N) is 2. The van der Waals surface area contributed by atoms with Crippen LogP contribution < -0.4 is 0 Å². The highest BCUT2D eigenvalue weighted by Crippen LogP contribution is 2.24. The third-order valence-corrected chi connectivity index (χ3v) is 1.88. The van der Waals surface area contributed by atoms with Crippen LogP contribution >= 0.6 is 0 Å². The van der Waals surface area contributed by atoms with Crippen molar-refractivity contribution in [1.29, 1.82) is 0 Å². The molecule has 2 rings (SSSR count). The number of para-hydroxylation sites is 1. The first-order chi connectivity index (χ1) is 6.57. The van der Waals surface area contributed by atoms with Gasteiger partial charge in [-0.05, 0) is 6.07 Å². The van der Waals surface area contributed by atoms with Gasteiger partial charge in [-0.2, -0.15) is 8.78 Å². The zero-order chi connectivity index (χ0) is 10.2. The molecule has 14 heavy (non-hydrogen) atoms. The third-order valence-electron chi connectivity index (χ3n) is 1.88. The lowest BCUT2D eigenvalue weighted by molar-refractivity contribution is 0.00806. The number of hydrogen-bond acceptors (Lipinski definition) is 2. The molecule has 1 aromatic heterocycles. The van der Waals surface area contributed by atoms with Gasteiger partial charge in [0.1, 0.15) is 0 Å². The second kappa shape index (κ2) is 2.97. The van der Waals surface area contributed by atoms with E-state index in [1.54, 1.807) is 18.2 Å². The van der Waals surface area contributed by atoms with E-state index >= 15 is 0 Å². The summed E-state index contributed by atoms with van der Waals surface area (Å²) in [6.07, 6.45) is 1.41. The summed E-state index contributed by atoms with van der Waals surface area (Å²) in [6, 6.07) is 7.04. The van der Waals surface area contributed by atoms with Gasteiger partial charge in [0.25, 0.3) is 0 Å². The molecule has 1 aromatic carbocycles. The van der Waals surface area contributed by atoms with E-state index in [9.17, 15) is 8.78 Å². The quantitative estimate of drug-likeness (QED) is 0.697. The van der Waals surface area contributed by atoms with Crippen molar-refractivity contribution in [3.63, 3.8) is 0 Å². The number of rotatable bonds is 1. The predicted molar refractivity (Wildman–Crippen MR) is 49.1 cm³/mol. The second-order valence-electron chi connectivity index (χ2n) is 3.14. The van der Waals surface area contributed by atoms with Gasteiger partial charge in [-0.1, -0.05) is 18.2 Å². The van der Waals surface area contributed by atoms with E-state index in [0.29, 0.717) is 5.52 Å². The molecular weight excluding hydrogens is 186 g/mol. The Labute approximate surface area is 79.6 Å². The molecule has 0 bridgehead atoms. The molecule has 0 radical (unpaired) electrons. The smallest absolute Gasteiger partial charge is 0.235 e. The van der Waals surface area contributed by atoms with Gasteiger partial charge in [0.2, 0.25) is 0 Å². The Morgan fingerprint density at radius 1 is 1.21 bits per heavy atom. The fourth-order valence-corrected chi connectivity index (χ4v) is 1.18. The molecule has 0 atom stereocenters. The fourth-order valence-electron chi connectivity index (χ4n) is 1.18. The number of alkyl halides is 2. The summed E-state index contributed by atoms with van der Waals surface area (Å²) in [5.74, 6) is -3.42. The zero-order valence-electron chi connectivity index (χ0n) is 7.54. The summed E-state index contributed by atoms with van der Waals surface area (Å²) < 4.78 is 25.7. The van der Waals surface area contributed by atoms with E-state index in [0.717, 1.165) is 12.3 Å². The summed E-state index contributed by atoms with van der Waals surface area (Å²) in [6.45, 7) is 0.789. The van der Waals surface area contributed by atoms with Crippen LogP contribution in [0, 0.1) is 0 Å². The largest absolute Gasteiger partial charge is 0.303 e. The van der Waals surface area contributed by atoms with Crippen molar-refractivity contribution < 1.29 is 8.78 Å². The molecule has 0 N–H and O–H groups in total. The summed E-state index contributed by atoms with van der Waals surface area (Å²) in [7, 11) is 0. The fraction of sp³-hybridized carbons (Fsp3) is 0.200. The lowest BCUT2D eigenvalue weighted by Crippen LogP contribution is -2.12. The van der Waals surface area contributed by atoms with Crippen LogP contribution in [-0.2, 0) is 5.92 Å². The van der Waals surface area contributed by atoms with E-state index in [-0.39, 0.29) is 0 Å². The molecule has 0 aliphatic heterocycles. The summed E-state index contributed by atoms with van der Waals surface area (Å²) in [4.78, 5) is 7.40. The first-order valence-corrected chi connectivity index (χ1v) is 4.17. The van der Waals surface area contributed by atoms with Crippen molar-refractivity contribution in [1.82, 2.24) is 9.97 Å². The van der Waals surface area contributed by atoms with E-state index < -0.39 is 11.7 Å². The topological polar surface area (TPSA) is 25.8 Å². The van der Waals surface area contributed by atoms with Gasteiger partial charge in [-0.3, -0.25) is 0 Å². The van der Waals surface area contributed by atoms with Gasteiger partial charge in [-0.25, -0.2) is 9.97 Å². The van der Waals surface area contributed by atoms with E-state index in [1.165, 1.54) is 6.20 Å². The maximum atomic E-state index is 12.9. The Bertz CT molecular complexity index is 463. The lowest BCUT2D eigenvalue weighted by atomic mass is 10.2. The highest BCUT2D eigenvalue weighted by molar-refractivity contribution is 5.77. The van der Waals surface area contributed by atoms with Crippen molar-refractivity contribution in [2.45, 2.75) is 12.8 Å². The molecule has 0 saturated carbocycles. The minimum atomic E-state index is -2.98. The van der Waals surface area contributed by atoms with Crippen LogP contribution in [0.1, 0.15) is 12.7 Å². The molecule has 0 saturated heterocycles. The average Bonchev–Trinajstić information content (AvgIpc) is 2.16. The maximum Gasteiger partial charge on any atom is 0.303 e. The highest BCUT2D eigenvalue weighted by Gasteiger charge is 2.27. The highest BCUT2D eigenvalue weighted by atomic mass is 19.3. The van der Waals surface area contributed by atoms with Gasteiger partial charge in [0.05, 0.1) is 5.52 Å². The van der Waals surface area contributed by atoms with Gasteiger partial charge >= 0.3 is 5.92 Å². The Balaban J connectivity index is 2.63. The Morgan fingerprint density at radius 3 is 2.64 bits per heavy atom. The molecule has 2 nitrogen and oxygen atoms in total. The first kappa shape index (κ1) is 8.99. The second-order valence-corrected chi connectivity index (χ2v) is 3.14. The standard InChI is InChI=1S/C10H8F2N2/c1-10(11,12)9-13-6-7-4-2-3-5-8(7)14-9/h2-6H,1H3. The first-order valence-electron chi connectivity index (χ1n) is 4.17. The molecule has 0 aliphatic rings. The molecule has 2 aromatic rings. The van der Waals surface area contributed by atoms with E-state index in [1.807, 2.05) is 6.07 Å². The van der Waals surface area contributed by atoms with Crippen LogP contribution in [0.15, 0.2) is 30.5 Å². The Hall–Kier alpha value is -1.58. The molecule has 0 aliphatic carbocycles. The zero-order valence-corrected chi connectivity index (χ0v) is 7.54. The van der Waals surface area contributed by atoms with Crippen LogP contribution in [-0.4, -0.2) is 9.97 Å². The number of benzene rings is 1. The van der Waals surface area contributed by atoms with Crippen molar-refractivity contribution in [3.8, 4) is 0 Å². The van der Waals surface area contributed by atoms with Crippen LogP contribution in [0.2, 0.25) is 0 Å². The number of aromatic nitrogens is 2. The third kappa shape index (κ3) is 1.55. The molecule has 0 amide bonds. The van der Waals surface area contributed by atoms with E-state index in [2.05, 4.69) is 9.97 Å². The van der Waals surface area contributed by atoms with Crippen LogP contribution in [0.25, 0.3) is 10.9 Å². The molecule has 0 fully saturated rings. The summed E-state index contributed by atoms with van der Waals surface area (Å²) in [5, 5.41) is 0.764. The predicted octanol–water partition coefficient (Wildman–Crippen LogP) is 2.74. The Kier molecular flexibility index (Phi) is 1.91. The van der Waals surface area contributed by atoms with Crippen molar-refractivity contribution in [2.24, 2.45) is 0 Å². The minimum absolute atomic E-state index is 0.434. The molecular formula is C10H8F2N2.